The number of carbonyl (C=O) groups is 1. The zero-order valence-electron chi connectivity index (χ0n) is 16.7. The molecule has 1 saturated carbocycles. The summed E-state index contributed by atoms with van der Waals surface area (Å²) in [5.41, 5.74) is 3.19. The number of halogens is 1. The van der Waals surface area contributed by atoms with Crippen LogP contribution >= 0.6 is 11.6 Å². The summed E-state index contributed by atoms with van der Waals surface area (Å²) < 4.78 is 29.0. The molecular formula is C24H20ClNO4S. The van der Waals surface area contributed by atoms with Gasteiger partial charge in [-0.15, -0.1) is 0 Å². The Kier molecular flexibility index (Phi) is 4.52. The van der Waals surface area contributed by atoms with E-state index in [9.17, 15) is 18.3 Å². The summed E-state index contributed by atoms with van der Waals surface area (Å²) in [4.78, 5) is 12.3. The van der Waals surface area contributed by atoms with Crippen LogP contribution < -0.4 is 4.72 Å². The van der Waals surface area contributed by atoms with E-state index in [0.29, 0.717) is 11.4 Å². The van der Waals surface area contributed by atoms with Gasteiger partial charge in [0.15, 0.2) is 0 Å². The molecule has 2 aliphatic carbocycles. The van der Waals surface area contributed by atoms with Crippen LogP contribution in [0.5, 0.6) is 0 Å². The second-order valence-electron chi connectivity index (χ2n) is 8.25. The molecule has 2 N–H and O–H groups in total. The first-order valence-electron chi connectivity index (χ1n) is 9.98. The van der Waals surface area contributed by atoms with Crippen molar-refractivity contribution in [1.29, 1.82) is 0 Å². The minimum atomic E-state index is -4.05. The van der Waals surface area contributed by atoms with E-state index in [-0.39, 0.29) is 10.8 Å². The molecule has 5 rings (SSSR count). The Morgan fingerprint density at radius 2 is 1.68 bits per heavy atom. The van der Waals surface area contributed by atoms with Crippen LogP contribution in [0.2, 0.25) is 5.02 Å². The normalized spacial score (nSPS) is 23.8. The summed E-state index contributed by atoms with van der Waals surface area (Å²) in [6, 6.07) is 19.7. The largest absolute Gasteiger partial charge is 0.480 e. The highest BCUT2D eigenvalue weighted by molar-refractivity contribution is 7.89. The maximum atomic E-state index is 13.2. The van der Waals surface area contributed by atoms with E-state index >= 15 is 0 Å². The van der Waals surface area contributed by atoms with Crippen LogP contribution in [0.3, 0.4) is 0 Å². The number of fused-ring (bicyclic) bond motifs is 3. The van der Waals surface area contributed by atoms with Crippen LogP contribution in [0.15, 0.2) is 71.6 Å². The Balaban J connectivity index is 1.48. The number of sulfonamides is 1. The Hall–Kier alpha value is -2.67. The number of rotatable bonds is 5. The van der Waals surface area contributed by atoms with Gasteiger partial charge < -0.3 is 5.11 Å². The smallest absolute Gasteiger partial charge is 0.325 e. The van der Waals surface area contributed by atoms with E-state index < -0.39 is 27.4 Å². The average Bonchev–Trinajstić information content (AvgIpc) is 3.15. The number of benzene rings is 3. The third-order valence-electron chi connectivity index (χ3n) is 6.54. The van der Waals surface area contributed by atoms with Crippen LogP contribution in [0, 0.1) is 5.92 Å². The topological polar surface area (TPSA) is 83.5 Å². The van der Waals surface area contributed by atoms with Gasteiger partial charge in [0.25, 0.3) is 0 Å². The average molecular weight is 454 g/mol. The van der Waals surface area contributed by atoms with E-state index in [1.165, 1.54) is 6.07 Å². The van der Waals surface area contributed by atoms with E-state index in [0.717, 1.165) is 27.8 Å². The lowest BCUT2D eigenvalue weighted by molar-refractivity contribution is -0.140. The molecule has 1 fully saturated rings. The Bertz CT molecular complexity index is 1320. The molecular weight excluding hydrogens is 434 g/mol. The number of carboxylic acids is 1. The summed E-state index contributed by atoms with van der Waals surface area (Å²) >= 11 is 6.10. The van der Waals surface area contributed by atoms with E-state index in [4.69, 9.17) is 11.6 Å². The predicted molar refractivity (Wildman–Crippen MR) is 119 cm³/mol. The van der Waals surface area contributed by atoms with E-state index in [2.05, 4.69) is 4.72 Å². The quantitative estimate of drug-likeness (QED) is 0.467. The van der Waals surface area contributed by atoms with Gasteiger partial charge in [-0.25, -0.2) is 8.42 Å². The van der Waals surface area contributed by atoms with Gasteiger partial charge in [0.05, 0.1) is 4.90 Å². The lowest BCUT2D eigenvalue weighted by atomic mass is 10.1. The minimum Gasteiger partial charge on any atom is -0.480 e. The van der Waals surface area contributed by atoms with Gasteiger partial charge in [0.2, 0.25) is 10.0 Å². The molecule has 0 saturated heterocycles. The van der Waals surface area contributed by atoms with Crippen molar-refractivity contribution in [1.82, 2.24) is 4.72 Å². The molecule has 0 aliphatic heterocycles. The fourth-order valence-electron chi connectivity index (χ4n) is 4.90. The maximum Gasteiger partial charge on any atom is 0.325 e. The lowest BCUT2D eigenvalue weighted by Crippen LogP contribution is -2.45. The maximum absolute atomic E-state index is 13.2. The molecule has 158 valence electrons. The van der Waals surface area contributed by atoms with Crippen molar-refractivity contribution in [3.63, 3.8) is 0 Å². The number of hydrogen-bond donors (Lipinski definition) is 2. The van der Waals surface area contributed by atoms with Crippen molar-refractivity contribution in [2.75, 3.05) is 0 Å². The van der Waals surface area contributed by atoms with Gasteiger partial charge in [0.1, 0.15) is 5.54 Å². The molecule has 0 spiro atoms. The number of aliphatic carboxylic acids is 1. The Morgan fingerprint density at radius 3 is 2.35 bits per heavy atom. The van der Waals surface area contributed by atoms with E-state index in [1.54, 1.807) is 19.1 Å². The molecule has 0 radical (unpaired) electrons. The highest BCUT2D eigenvalue weighted by Crippen LogP contribution is 2.58. The van der Waals surface area contributed by atoms with Crippen LogP contribution in [0.25, 0.3) is 11.1 Å². The fourth-order valence-corrected chi connectivity index (χ4v) is 6.61. The molecule has 3 aromatic rings. The zero-order valence-corrected chi connectivity index (χ0v) is 18.2. The Labute approximate surface area is 185 Å². The zero-order chi connectivity index (χ0) is 22.0. The van der Waals surface area contributed by atoms with Crippen molar-refractivity contribution >= 4 is 27.6 Å². The van der Waals surface area contributed by atoms with Gasteiger partial charge >= 0.3 is 5.97 Å². The summed E-state index contributed by atoms with van der Waals surface area (Å²) in [5, 5.41) is 10.6. The molecule has 0 aromatic heterocycles. The highest BCUT2D eigenvalue weighted by atomic mass is 35.5. The van der Waals surface area contributed by atoms with Crippen LogP contribution in [0.4, 0.5) is 0 Å². The predicted octanol–water partition coefficient (Wildman–Crippen LogP) is 4.45. The first-order chi connectivity index (χ1) is 14.7. The summed E-state index contributed by atoms with van der Waals surface area (Å²) in [6.45, 7) is 1.76. The summed E-state index contributed by atoms with van der Waals surface area (Å²) in [7, 11) is -4.05. The standard InChI is InChI=1S/C24H20ClNO4S/c1-14-22(15-5-3-2-4-6-15)24(14,23(27)28)26-31(29,30)19-8-10-21-17(13-19)11-16-12-18(25)7-9-20(16)21/h2-10,12-14,22,26H,11H2,1H3,(H,27,28)/t14?,22-,24-/m0/s1. The molecule has 3 aromatic carbocycles. The molecule has 1 unspecified atom stereocenters. The van der Waals surface area contributed by atoms with Gasteiger partial charge in [-0.2, -0.15) is 4.72 Å². The molecule has 31 heavy (non-hydrogen) atoms. The first kappa shape index (κ1) is 20.2. The molecule has 0 heterocycles. The number of hydrogen-bond acceptors (Lipinski definition) is 3. The third kappa shape index (κ3) is 3.09. The van der Waals surface area contributed by atoms with Crippen molar-refractivity contribution in [2.24, 2.45) is 5.92 Å². The summed E-state index contributed by atoms with van der Waals surface area (Å²) in [6.07, 6.45) is 0.585. The second kappa shape index (κ2) is 6.92. The first-order valence-corrected chi connectivity index (χ1v) is 11.8. The SMILES string of the molecule is CC1[C@@H](c2ccccc2)[C@]1(NS(=O)(=O)c1ccc2c(c1)Cc1cc(Cl)ccc1-2)C(=O)O. The summed E-state index contributed by atoms with van der Waals surface area (Å²) in [5.74, 6) is -1.97. The number of nitrogens with one attached hydrogen (secondary N) is 1. The monoisotopic (exact) mass is 453 g/mol. The van der Waals surface area contributed by atoms with Crippen molar-refractivity contribution in [2.45, 2.75) is 29.7 Å². The molecule has 3 atom stereocenters. The van der Waals surface area contributed by atoms with Gasteiger partial charge in [-0.05, 0) is 64.4 Å². The van der Waals surface area contributed by atoms with Gasteiger partial charge in [-0.3, -0.25) is 4.79 Å². The van der Waals surface area contributed by atoms with Crippen LogP contribution in [-0.4, -0.2) is 25.0 Å². The molecule has 7 heteroatoms. The number of carboxylic acid groups (broad SMARTS) is 1. The van der Waals surface area contributed by atoms with Crippen LogP contribution in [0.1, 0.15) is 29.5 Å². The Morgan fingerprint density at radius 1 is 1.03 bits per heavy atom. The van der Waals surface area contributed by atoms with Crippen LogP contribution in [-0.2, 0) is 21.2 Å². The van der Waals surface area contributed by atoms with Crippen molar-refractivity contribution in [3.05, 3.63) is 88.4 Å². The second-order valence-corrected chi connectivity index (χ2v) is 10.4. The molecule has 5 nitrogen and oxygen atoms in total. The highest BCUT2D eigenvalue weighted by Gasteiger charge is 2.70. The fraction of sp³-hybridized carbons (Fsp3) is 0.208. The molecule has 0 amide bonds. The molecule has 0 bridgehead atoms. The van der Waals surface area contributed by atoms with E-state index in [1.807, 2.05) is 48.5 Å². The third-order valence-corrected chi connectivity index (χ3v) is 8.26. The lowest BCUT2D eigenvalue weighted by Gasteiger charge is -2.16. The van der Waals surface area contributed by atoms with Crippen molar-refractivity contribution < 1.29 is 18.3 Å². The van der Waals surface area contributed by atoms with Crippen molar-refractivity contribution in [3.8, 4) is 11.1 Å². The molecule has 2 aliphatic rings. The van der Waals surface area contributed by atoms with Gasteiger partial charge in [0, 0.05) is 10.9 Å². The minimum absolute atomic E-state index is 0.0664. The van der Waals surface area contributed by atoms with Gasteiger partial charge in [-0.1, -0.05) is 61.0 Å².